The first kappa shape index (κ1) is 22.0. The largest absolute Gasteiger partial charge is 0.383 e. The minimum absolute atomic E-state index is 0. The molecule has 3 nitrogen and oxygen atoms in total. The van der Waals surface area contributed by atoms with Gasteiger partial charge in [-0.25, -0.2) is 0 Å². The molecular formula is C20H31Cl2N3. The third-order valence-corrected chi connectivity index (χ3v) is 5.04. The predicted octanol–water partition coefficient (Wildman–Crippen LogP) is 5.10. The number of fused-ring (bicyclic) bond motifs is 2. The molecule has 3 rings (SSSR count). The number of nitrogens with one attached hydrogen (secondary N) is 1. The van der Waals surface area contributed by atoms with Gasteiger partial charge in [0.2, 0.25) is 0 Å². The zero-order chi connectivity index (χ0) is 16.1. The number of aryl methyl sites for hydroxylation is 1. The van der Waals surface area contributed by atoms with Gasteiger partial charge in [-0.15, -0.1) is 24.8 Å². The quantitative estimate of drug-likeness (QED) is 0.703. The molecule has 0 radical (unpaired) electrons. The fourth-order valence-electron chi connectivity index (χ4n) is 3.63. The number of rotatable bonds is 6. The second kappa shape index (κ2) is 10.8. The van der Waals surface area contributed by atoms with Gasteiger partial charge in [0.1, 0.15) is 0 Å². The van der Waals surface area contributed by atoms with E-state index in [-0.39, 0.29) is 24.8 Å². The molecule has 1 heterocycles. The van der Waals surface area contributed by atoms with Crippen LogP contribution in [-0.2, 0) is 12.8 Å². The van der Waals surface area contributed by atoms with Gasteiger partial charge in [-0.05, 0) is 50.4 Å². The first-order chi connectivity index (χ1) is 11.3. The van der Waals surface area contributed by atoms with E-state index in [2.05, 4.69) is 48.3 Å². The molecule has 0 fully saturated rings. The van der Waals surface area contributed by atoms with Crippen LogP contribution in [0.4, 0.5) is 5.69 Å². The molecular weight excluding hydrogens is 353 g/mol. The van der Waals surface area contributed by atoms with E-state index in [0.717, 1.165) is 38.1 Å². The van der Waals surface area contributed by atoms with Crippen molar-refractivity contribution in [1.82, 2.24) is 9.88 Å². The summed E-state index contributed by atoms with van der Waals surface area (Å²) >= 11 is 0. The third-order valence-electron chi connectivity index (χ3n) is 5.04. The number of hydrogen-bond donors (Lipinski definition) is 1. The summed E-state index contributed by atoms with van der Waals surface area (Å²) in [6.07, 6.45) is 6.19. The molecule has 1 aliphatic carbocycles. The summed E-state index contributed by atoms with van der Waals surface area (Å²) in [5.41, 5.74) is 5.28. The Morgan fingerprint density at radius 1 is 1.00 bits per heavy atom. The van der Waals surface area contributed by atoms with E-state index in [1.165, 1.54) is 48.0 Å². The molecule has 1 aromatic heterocycles. The van der Waals surface area contributed by atoms with Crippen molar-refractivity contribution < 1.29 is 0 Å². The molecule has 0 saturated carbocycles. The van der Waals surface area contributed by atoms with Gasteiger partial charge < -0.3 is 10.2 Å². The summed E-state index contributed by atoms with van der Waals surface area (Å²) in [5, 5.41) is 5.05. The molecule has 1 N–H and O–H groups in total. The summed E-state index contributed by atoms with van der Waals surface area (Å²) in [5.74, 6) is 0. The van der Waals surface area contributed by atoms with Gasteiger partial charge in [-0.1, -0.05) is 38.5 Å². The van der Waals surface area contributed by atoms with E-state index in [4.69, 9.17) is 4.98 Å². The summed E-state index contributed by atoms with van der Waals surface area (Å²) < 4.78 is 0. The van der Waals surface area contributed by atoms with E-state index in [1.807, 2.05) is 0 Å². The first-order valence-corrected chi connectivity index (χ1v) is 9.20. The number of pyridine rings is 1. The number of nitrogens with zero attached hydrogens (tertiary/aromatic N) is 2. The van der Waals surface area contributed by atoms with Crippen LogP contribution in [0.3, 0.4) is 0 Å². The van der Waals surface area contributed by atoms with Gasteiger partial charge in [0, 0.05) is 29.9 Å². The van der Waals surface area contributed by atoms with Crippen LogP contribution in [-0.4, -0.2) is 36.1 Å². The van der Waals surface area contributed by atoms with E-state index >= 15 is 0 Å². The molecule has 0 amide bonds. The average Bonchev–Trinajstić information content (AvgIpc) is 2.83. The van der Waals surface area contributed by atoms with Crippen LogP contribution in [0.5, 0.6) is 0 Å². The van der Waals surface area contributed by atoms with Crippen LogP contribution >= 0.6 is 24.8 Å². The lowest BCUT2D eigenvalue weighted by Gasteiger charge is -2.21. The molecule has 1 aromatic carbocycles. The average molecular weight is 384 g/mol. The van der Waals surface area contributed by atoms with Crippen molar-refractivity contribution in [3.8, 4) is 0 Å². The van der Waals surface area contributed by atoms with Gasteiger partial charge in [-0.2, -0.15) is 0 Å². The zero-order valence-electron chi connectivity index (χ0n) is 15.4. The third kappa shape index (κ3) is 5.22. The zero-order valence-corrected chi connectivity index (χ0v) is 17.0. The van der Waals surface area contributed by atoms with E-state index in [1.54, 1.807) is 0 Å². The lowest BCUT2D eigenvalue weighted by atomic mass is 10.0. The van der Waals surface area contributed by atoms with Crippen molar-refractivity contribution >= 4 is 41.4 Å². The Morgan fingerprint density at radius 3 is 2.48 bits per heavy atom. The minimum Gasteiger partial charge on any atom is -0.383 e. The molecule has 5 heteroatoms. The summed E-state index contributed by atoms with van der Waals surface area (Å²) in [4.78, 5) is 7.43. The molecule has 0 bridgehead atoms. The Bertz CT molecular complexity index is 657. The maximum absolute atomic E-state index is 4.96. The highest BCUT2D eigenvalue weighted by Gasteiger charge is 2.16. The molecule has 1 aliphatic rings. The number of likely N-dealkylation sites (N-methyl/N-ethyl adjacent to an activating group) is 1. The smallest absolute Gasteiger partial charge is 0.0726 e. The topological polar surface area (TPSA) is 28.2 Å². The molecule has 0 unspecified atom stereocenters. The Morgan fingerprint density at radius 2 is 1.72 bits per heavy atom. The number of halogens is 2. The van der Waals surface area contributed by atoms with Crippen molar-refractivity contribution in [3.63, 3.8) is 0 Å². The molecule has 0 atom stereocenters. The summed E-state index contributed by atoms with van der Waals surface area (Å²) in [6, 6.07) is 8.59. The minimum atomic E-state index is 0. The molecule has 0 spiro atoms. The predicted molar refractivity (Wildman–Crippen MR) is 114 cm³/mol. The van der Waals surface area contributed by atoms with E-state index in [0.29, 0.717) is 0 Å². The van der Waals surface area contributed by atoms with Gasteiger partial charge in [0.15, 0.2) is 0 Å². The SMILES string of the molecule is CCN(CC)CCNc1c2c(nc3ccccc13)CCCCC2.Cl.Cl. The Hall–Kier alpha value is -1.03. The number of para-hydroxylation sites is 1. The Balaban J connectivity index is 0.00000156. The van der Waals surface area contributed by atoms with Crippen molar-refractivity contribution in [2.75, 3.05) is 31.5 Å². The maximum Gasteiger partial charge on any atom is 0.0726 e. The van der Waals surface area contributed by atoms with E-state index < -0.39 is 0 Å². The lowest BCUT2D eigenvalue weighted by Crippen LogP contribution is -2.29. The van der Waals surface area contributed by atoms with Crippen LogP contribution < -0.4 is 5.32 Å². The fraction of sp³-hybridized carbons (Fsp3) is 0.550. The number of anilines is 1. The fourth-order valence-corrected chi connectivity index (χ4v) is 3.63. The van der Waals surface area contributed by atoms with Crippen LogP contribution in [0.15, 0.2) is 24.3 Å². The van der Waals surface area contributed by atoms with Gasteiger partial charge in [-0.3, -0.25) is 4.98 Å². The maximum atomic E-state index is 4.96. The monoisotopic (exact) mass is 383 g/mol. The number of aromatic nitrogens is 1. The Labute approximate surface area is 164 Å². The Kier molecular flexibility index (Phi) is 9.55. The van der Waals surface area contributed by atoms with Crippen LogP contribution in [0, 0.1) is 0 Å². The molecule has 0 saturated heterocycles. The van der Waals surface area contributed by atoms with Gasteiger partial charge in [0.25, 0.3) is 0 Å². The van der Waals surface area contributed by atoms with E-state index in [9.17, 15) is 0 Å². The van der Waals surface area contributed by atoms with Crippen molar-refractivity contribution in [2.45, 2.75) is 46.0 Å². The van der Waals surface area contributed by atoms with Crippen LogP contribution in [0.25, 0.3) is 10.9 Å². The lowest BCUT2D eigenvalue weighted by molar-refractivity contribution is 0.316. The van der Waals surface area contributed by atoms with Crippen molar-refractivity contribution in [2.24, 2.45) is 0 Å². The molecule has 25 heavy (non-hydrogen) atoms. The molecule has 140 valence electrons. The number of benzene rings is 1. The van der Waals surface area contributed by atoms with Crippen molar-refractivity contribution in [1.29, 1.82) is 0 Å². The summed E-state index contributed by atoms with van der Waals surface area (Å²) in [6.45, 7) is 8.80. The number of hydrogen-bond acceptors (Lipinski definition) is 3. The molecule has 2 aromatic rings. The van der Waals surface area contributed by atoms with Gasteiger partial charge >= 0.3 is 0 Å². The van der Waals surface area contributed by atoms with Gasteiger partial charge in [0.05, 0.1) is 5.52 Å². The molecule has 0 aliphatic heterocycles. The van der Waals surface area contributed by atoms with Crippen LogP contribution in [0.1, 0.15) is 44.4 Å². The second-order valence-corrected chi connectivity index (χ2v) is 6.44. The highest BCUT2D eigenvalue weighted by atomic mass is 35.5. The second-order valence-electron chi connectivity index (χ2n) is 6.44. The highest BCUT2D eigenvalue weighted by molar-refractivity contribution is 5.93. The van der Waals surface area contributed by atoms with Crippen LogP contribution in [0.2, 0.25) is 0 Å². The normalized spacial score (nSPS) is 13.6. The first-order valence-electron chi connectivity index (χ1n) is 9.20. The standard InChI is InChI=1S/C20H29N3.2ClH/c1-3-23(4-2)15-14-21-20-16-10-6-5-7-12-18(16)22-19-13-9-8-11-17(19)20;;/h8-9,11,13H,3-7,10,12,14-15H2,1-2H3,(H,21,22);2*1H. The highest BCUT2D eigenvalue weighted by Crippen LogP contribution is 2.32. The summed E-state index contributed by atoms with van der Waals surface area (Å²) in [7, 11) is 0. The van der Waals surface area contributed by atoms with Crippen molar-refractivity contribution in [3.05, 3.63) is 35.5 Å².